The van der Waals surface area contributed by atoms with Gasteiger partial charge in [-0.15, -0.1) is 0 Å². The van der Waals surface area contributed by atoms with Gasteiger partial charge < -0.3 is 23.9 Å². The summed E-state index contributed by atoms with van der Waals surface area (Å²) in [6.07, 6.45) is 3.28. The number of ether oxygens (including phenoxy) is 2. The van der Waals surface area contributed by atoms with Crippen LogP contribution in [0.25, 0.3) is 11.2 Å². The molecule has 3 aromatic heterocycles. The zero-order valence-corrected chi connectivity index (χ0v) is 15.6. The van der Waals surface area contributed by atoms with E-state index in [1.165, 1.54) is 0 Å². The molecule has 0 radical (unpaired) electrons. The van der Waals surface area contributed by atoms with E-state index in [0.717, 1.165) is 5.52 Å². The fourth-order valence-corrected chi connectivity index (χ4v) is 2.95. The van der Waals surface area contributed by atoms with Crippen LogP contribution in [0.1, 0.15) is 0 Å². The van der Waals surface area contributed by atoms with Crippen LogP contribution in [0.4, 0.5) is 10.6 Å². The maximum atomic E-state index is 12.2. The van der Waals surface area contributed by atoms with E-state index in [9.17, 15) is 4.79 Å². The first-order valence-electron chi connectivity index (χ1n) is 8.31. The van der Waals surface area contributed by atoms with Gasteiger partial charge in [0.15, 0.2) is 10.4 Å². The smallest absolute Gasteiger partial charge is 0.323 e. The molecule has 4 heterocycles. The summed E-state index contributed by atoms with van der Waals surface area (Å²) in [5.41, 5.74) is 1.53. The number of anilines is 1. The molecule has 9 nitrogen and oxygen atoms in total. The Hall–Kier alpha value is -2.98. The Morgan fingerprint density at radius 2 is 2.15 bits per heavy atom. The van der Waals surface area contributed by atoms with Crippen molar-refractivity contribution in [1.82, 2.24) is 24.4 Å². The maximum Gasteiger partial charge on any atom is 0.323 e. The molecular weight excluding hydrogens is 368 g/mol. The number of urea groups is 1. The molecule has 1 aliphatic rings. The summed E-state index contributed by atoms with van der Waals surface area (Å²) in [4.78, 5) is 25.3. The van der Waals surface area contributed by atoms with Gasteiger partial charge in [0.05, 0.1) is 30.9 Å². The van der Waals surface area contributed by atoms with Crippen molar-refractivity contribution in [2.75, 3.05) is 25.5 Å². The van der Waals surface area contributed by atoms with E-state index >= 15 is 0 Å². The number of rotatable bonds is 4. The number of aryl methyl sites for hydroxylation is 1. The number of imidazole rings is 1. The van der Waals surface area contributed by atoms with Crippen molar-refractivity contribution in [2.24, 2.45) is 7.05 Å². The third kappa shape index (κ3) is 3.49. The number of hydrogen-bond donors (Lipinski definition) is 2. The second-order valence-electron chi connectivity index (χ2n) is 6.20. The lowest BCUT2D eigenvalue weighted by Crippen LogP contribution is -2.55. The predicted molar refractivity (Wildman–Crippen MR) is 102 cm³/mol. The van der Waals surface area contributed by atoms with E-state index in [1.807, 2.05) is 17.7 Å². The zero-order chi connectivity index (χ0) is 19.0. The van der Waals surface area contributed by atoms with Gasteiger partial charge in [-0.3, -0.25) is 5.32 Å². The Bertz CT molecular complexity index is 1060. The first-order valence-corrected chi connectivity index (χ1v) is 8.71. The highest BCUT2D eigenvalue weighted by atomic mass is 32.1. The number of H-pyrrole nitrogens is 1. The molecule has 1 fully saturated rings. The lowest BCUT2D eigenvalue weighted by atomic mass is 10.2. The van der Waals surface area contributed by atoms with Gasteiger partial charge in [-0.2, -0.15) is 0 Å². The molecule has 2 N–H and O–H groups in total. The first kappa shape index (κ1) is 17.4. The number of carbonyl (C=O) groups is 1. The summed E-state index contributed by atoms with van der Waals surface area (Å²) in [6.45, 7) is 1.14. The Morgan fingerprint density at radius 3 is 2.93 bits per heavy atom. The summed E-state index contributed by atoms with van der Waals surface area (Å²) < 4.78 is 13.4. The minimum atomic E-state index is -0.214. The molecule has 0 aliphatic carbocycles. The van der Waals surface area contributed by atoms with Crippen molar-refractivity contribution in [3.63, 3.8) is 0 Å². The predicted octanol–water partition coefficient (Wildman–Crippen LogP) is 2.68. The number of aromatic nitrogens is 4. The monoisotopic (exact) mass is 386 g/mol. The highest BCUT2D eigenvalue weighted by Gasteiger charge is 2.30. The van der Waals surface area contributed by atoms with E-state index in [-0.39, 0.29) is 12.1 Å². The number of nitrogens with zero attached hydrogens (tertiary/aromatic N) is 4. The molecule has 27 heavy (non-hydrogen) atoms. The van der Waals surface area contributed by atoms with Gasteiger partial charge in [0.1, 0.15) is 17.3 Å². The average molecular weight is 386 g/mol. The van der Waals surface area contributed by atoms with Crippen molar-refractivity contribution in [2.45, 2.75) is 6.10 Å². The topological polar surface area (TPSA) is 97.3 Å². The van der Waals surface area contributed by atoms with Gasteiger partial charge >= 0.3 is 6.03 Å². The van der Waals surface area contributed by atoms with Crippen LogP contribution in [-0.2, 0) is 11.8 Å². The van der Waals surface area contributed by atoms with Crippen LogP contribution in [-0.4, -0.2) is 56.8 Å². The maximum absolute atomic E-state index is 12.2. The molecule has 10 heteroatoms. The summed E-state index contributed by atoms with van der Waals surface area (Å²) >= 11 is 5.20. The second kappa shape index (κ2) is 6.97. The lowest BCUT2D eigenvalue weighted by Gasteiger charge is -2.37. The van der Waals surface area contributed by atoms with Gasteiger partial charge in [-0.1, -0.05) is 0 Å². The number of amides is 2. The van der Waals surface area contributed by atoms with E-state index < -0.39 is 0 Å². The minimum Gasteiger partial charge on any atom is -0.455 e. The summed E-state index contributed by atoms with van der Waals surface area (Å²) in [7, 11) is 3.49. The quantitative estimate of drug-likeness (QED) is 0.669. The van der Waals surface area contributed by atoms with Gasteiger partial charge in [-0.25, -0.2) is 14.8 Å². The molecule has 1 aliphatic heterocycles. The van der Waals surface area contributed by atoms with Crippen LogP contribution in [0.2, 0.25) is 0 Å². The fourth-order valence-electron chi connectivity index (χ4n) is 2.76. The molecule has 2 amide bonds. The number of likely N-dealkylation sites (tertiary alicyclic amines) is 1. The number of methoxy groups -OCH3 is 1. The van der Waals surface area contributed by atoms with E-state index in [0.29, 0.717) is 40.8 Å². The second-order valence-corrected chi connectivity index (χ2v) is 6.59. The molecule has 3 aromatic rings. The molecule has 0 atom stereocenters. The molecule has 0 saturated carbocycles. The van der Waals surface area contributed by atoms with Crippen molar-refractivity contribution in [1.29, 1.82) is 0 Å². The third-order valence-corrected chi connectivity index (χ3v) is 4.78. The van der Waals surface area contributed by atoms with Gasteiger partial charge in [0, 0.05) is 32.5 Å². The van der Waals surface area contributed by atoms with Gasteiger partial charge in [0.25, 0.3) is 0 Å². The highest BCUT2D eigenvalue weighted by Crippen LogP contribution is 2.25. The zero-order valence-electron chi connectivity index (χ0n) is 14.8. The molecule has 0 bridgehead atoms. The Balaban J connectivity index is 1.47. The van der Waals surface area contributed by atoms with Gasteiger partial charge in [-0.05, 0) is 18.3 Å². The Labute approximate surface area is 159 Å². The largest absolute Gasteiger partial charge is 0.455 e. The molecule has 4 rings (SSSR count). The molecule has 1 saturated heterocycles. The normalized spacial score (nSPS) is 14.2. The number of fused-ring (bicyclic) bond motifs is 1. The molecular formula is C17H18N6O3S. The van der Waals surface area contributed by atoms with E-state index in [1.54, 1.807) is 36.5 Å². The minimum absolute atomic E-state index is 0.103. The van der Waals surface area contributed by atoms with Crippen molar-refractivity contribution >= 4 is 35.2 Å². The SMILES string of the molecule is COC1CN(C(=O)Nc2cc(Oc3cnc4[nH]c(=S)n(C)c4c3)ccn2)C1. The Kier molecular flexibility index (Phi) is 4.50. The number of aromatic amines is 1. The first-order chi connectivity index (χ1) is 13.0. The summed E-state index contributed by atoms with van der Waals surface area (Å²) in [6, 6.07) is 5.00. The van der Waals surface area contributed by atoms with Crippen LogP contribution in [0, 0.1) is 4.77 Å². The third-order valence-electron chi connectivity index (χ3n) is 4.40. The summed E-state index contributed by atoms with van der Waals surface area (Å²) in [5.74, 6) is 1.50. The molecule has 140 valence electrons. The summed E-state index contributed by atoms with van der Waals surface area (Å²) in [5, 5.41) is 2.76. The molecule has 0 aromatic carbocycles. The highest BCUT2D eigenvalue weighted by molar-refractivity contribution is 7.71. The van der Waals surface area contributed by atoms with Crippen LogP contribution in [0.3, 0.4) is 0 Å². The van der Waals surface area contributed by atoms with Crippen LogP contribution in [0.15, 0.2) is 30.6 Å². The molecule has 0 spiro atoms. The van der Waals surface area contributed by atoms with E-state index in [4.69, 9.17) is 21.7 Å². The average Bonchev–Trinajstić information content (AvgIpc) is 2.89. The number of pyridine rings is 2. The van der Waals surface area contributed by atoms with Crippen molar-refractivity contribution in [3.8, 4) is 11.5 Å². The number of hydrogen-bond acceptors (Lipinski definition) is 6. The lowest BCUT2D eigenvalue weighted by molar-refractivity contribution is -0.00467. The van der Waals surface area contributed by atoms with Crippen molar-refractivity contribution < 1.29 is 14.3 Å². The van der Waals surface area contributed by atoms with Crippen LogP contribution in [0.5, 0.6) is 11.5 Å². The number of nitrogens with one attached hydrogen (secondary N) is 2. The van der Waals surface area contributed by atoms with E-state index in [2.05, 4.69) is 20.3 Å². The van der Waals surface area contributed by atoms with Crippen LogP contribution < -0.4 is 10.1 Å². The van der Waals surface area contributed by atoms with Crippen LogP contribution >= 0.6 is 12.2 Å². The van der Waals surface area contributed by atoms with Gasteiger partial charge in [0.2, 0.25) is 0 Å². The molecule has 0 unspecified atom stereocenters. The van der Waals surface area contributed by atoms with Crippen molar-refractivity contribution in [3.05, 3.63) is 35.4 Å². The standard InChI is InChI=1S/C17H18N6O3S/c1-22-13-5-11(7-19-15(13)21-17(22)27)26-10-3-4-18-14(6-10)20-16(24)23-8-12(9-23)25-2/h3-7,12H,8-9H2,1-2H3,(H,18,20,24)(H,19,21,27). The Morgan fingerprint density at radius 1 is 1.33 bits per heavy atom. The number of carbonyl (C=O) groups excluding carboxylic acids is 1. The fraction of sp³-hybridized carbons (Fsp3) is 0.294.